The van der Waals surface area contributed by atoms with Crippen molar-refractivity contribution in [3.05, 3.63) is 65.7 Å². The molecule has 2 aromatic carbocycles. The Morgan fingerprint density at radius 3 is 2.46 bits per heavy atom. The van der Waals surface area contributed by atoms with Crippen molar-refractivity contribution in [3.63, 3.8) is 0 Å². The van der Waals surface area contributed by atoms with E-state index >= 15 is 0 Å². The highest BCUT2D eigenvalue weighted by Gasteiger charge is 2.27. The van der Waals surface area contributed by atoms with Crippen LogP contribution in [0, 0.1) is 5.92 Å². The summed E-state index contributed by atoms with van der Waals surface area (Å²) in [6, 6.07) is 17.3. The Balaban J connectivity index is 1.47. The molecular weight excluding hydrogens is 352 g/mol. The van der Waals surface area contributed by atoms with Gasteiger partial charge in [-0.15, -0.1) is 0 Å². The maximum atomic E-state index is 12.6. The zero-order valence-electron chi connectivity index (χ0n) is 16.6. The summed E-state index contributed by atoms with van der Waals surface area (Å²) in [5.41, 5.74) is 1.83. The summed E-state index contributed by atoms with van der Waals surface area (Å²) in [4.78, 5) is 29.1. The largest absolute Gasteiger partial charge is 0.497 e. The number of ketones is 1. The molecule has 0 saturated carbocycles. The van der Waals surface area contributed by atoms with Crippen molar-refractivity contribution in [2.75, 3.05) is 33.8 Å². The predicted molar refractivity (Wildman–Crippen MR) is 109 cm³/mol. The Morgan fingerprint density at radius 2 is 1.79 bits per heavy atom. The number of Topliss-reactive ketones (excluding diaryl/α,β-unsaturated/α-hetero) is 1. The van der Waals surface area contributed by atoms with Gasteiger partial charge in [-0.2, -0.15) is 0 Å². The van der Waals surface area contributed by atoms with Gasteiger partial charge in [-0.25, -0.2) is 0 Å². The van der Waals surface area contributed by atoms with Crippen LogP contribution in [0.2, 0.25) is 0 Å². The van der Waals surface area contributed by atoms with Crippen LogP contribution in [0.5, 0.6) is 5.75 Å². The molecule has 0 atom stereocenters. The zero-order chi connectivity index (χ0) is 19.9. The third kappa shape index (κ3) is 5.20. The van der Waals surface area contributed by atoms with Crippen LogP contribution in [-0.4, -0.2) is 55.3 Å². The minimum atomic E-state index is 0.0586. The molecule has 0 aromatic heterocycles. The van der Waals surface area contributed by atoms with Crippen LogP contribution in [0.25, 0.3) is 0 Å². The van der Waals surface area contributed by atoms with Crippen LogP contribution in [0.4, 0.5) is 0 Å². The predicted octanol–water partition coefficient (Wildman–Crippen LogP) is 3.25. The molecule has 0 unspecified atom stereocenters. The van der Waals surface area contributed by atoms with Crippen LogP contribution < -0.4 is 4.74 Å². The first kappa shape index (κ1) is 20.1. The SMILES string of the molecule is COc1cccc(CN(C)C(=O)CN2CCC(C(=O)c3ccccc3)CC2)c1. The van der Waals surface area contributed by atoms with E-state index in [0.717, 1.165) is 42.8 Å². The Hall–Kier alpha value is -2.66. The minimum absolute atomic E-state index is 0.0586. The summed E-state index contributed by atoms with van der Waals surface area (Å²) in [6.45, 7) is 2.51. The molecule has 0 aliphatic carbocycles. The molecule has 3 rings (SSSR count). The van der Waals surface area contributed by atoms with Crippen molar-refractivity contribution in [3.8, 4) is 5.75 Å². The minimum Gasteiger partial charge on any atom is -0.497 e. The molecule has 0 bridgehead atoms. The summed E-state index contributed by atoms with van der Waals surface area (Å²) in [7, 11) is 3.47. The lowest BCUT2D eigenvalue weighted by Gasteiger charge is -2.32. The highest BCUT2D eigenvalue weighted by atomic mass is 16.5. The van der Waals surface area contributed by atoms with Crippen molar-refractivity contribution in [2.24, 2.45) is 5.92 Å². The van der Waals surface area contributed by atoms with Crippen LogP contribution in [-0.2, 0) is 11.3 Å². The number of rotatable bonds is 7. The number of nitrogens with zero attached hydrogens (tertiary/aromatic N) is 2. The number of likely N-dealkylation sites (N-methyl/N-ethyl adjacent to an activating group) is 1. The third-order valence-electron chi connectivity index (χ3n) is 5.36. The van der Waals surface area contributed by atoms with E-state index in [1.807, 2.05) is 61.6 Å². The molecular formula is C23H28N2O3. The smallest absolute Gasteiger partial charge is 0.236 e. The molecule has 5 heteroatoms. The summed E-state index contributed by atoms with van der Waals surface area (Å²) in [5, 5.41) is 0. The van der Waals surface area contributed by atoms with E-state index in [2.05, 4.69) is 4.90 Å². The van der Waals surface area contributed by atoms with Gasteiger partial charge in [0.2, 0.25) is 5.91 Å². The normalized spacial score (nSPS) is 15.2. The summed E-state index contributed by atoms with van der Waals surface area (Å²) in [5.74, 6) is 1.17. The van der Waals surface area contributed by atoms with Gasteiger partial charge in [-0.3, -0.25) is 14.5 Å². The van der Waals surface area contributed by atoms with Crippen LogP contribution in [0.1, 0.15) is 28.8 Å². The van der Waals surface area contributed by atoms with Gasteiger partial charge in [0.15, 0.2) is 5.78 Å². The average molecular weight is 380 g/mol. The van der Waals surface area contributed by atoms with E-state index in [1.165, 1.54) is 0 Å². The molecule has 1 heterocycles. The van der Waals surface area contributed by atoms with Crippen LogP contribution >= 0.6 is 0 Å². The fourth-order valence-electron chi connectivity index (χ4n) is 3.64. The number of carbonyl (C=O) groups excluding carboxylic acids is 2. The Kier molecular flexibility index (Phi) is 6.82. The maximum Gasteiger partial charge on any atom is 0.236 e. The van der Waals surface area contributed by atoms with E-state index in [1.54, 1.807) is 12.0 Å². The van der Waals surface area contributed by atoms with Crippen molar-refractivity contribution < 1.29 is 14.3 Å². The van der Waals surface area contributed by atoms with Gasteiger partial charge in [0.25, 0.3) is 0 Å². The highest BCUT2D eigenvalue weighted by Crippen LogP contribution is 2.22. The molecule has 1 saturated heterocycles. The van der Waals surface area contributed by atoms with E-state index in [0.29, 0.717) is 13.1 Å². The molecule has 2 aromatic rings. The molecule has 1 fully saturated rings. The Bertz CT molecular complexity index is 799. The van der Waals surface area contributed by atoms with E-state index in [4.69, 9.17) is 4.74 Å². The molecule has 1 amide bonds. The first-order chi connectivity index (χ1) is 13.6. The fourth-order valence-corrected chi connectivity index (χ4v) is 3.64. The molecule has 1 aliphatic heterocycles. The molecule has 0 N–H and O–H groups in total. The zero-order valence-corrected chi connectivity index (χ0v) is 16.6. The average Bonchev–Trinajstić information content (AvgIpc) is 2.74. The number of methoxy groups -OCH3 is 1. The van der Waals surface area contributed by atoms with Gasteiger partial charge < -0.3 is 9.64 Å². The number of ether oxygens (including phenoxy) is 1. The number of benzene rings is 2. The first-order valence-corrected chi connectivity index (χ1v) is 9.75. The Morgan fingerprint density at radius 1 is 1.07 bits per heavy atom. The third-order valence-corrected chi connectivity index (χ3v) is 5.36. The summed E-state index contributed by atoms with van der Waals surface area (Å²) < 4.78 is 5.24. The lowest BCUT2D eigenvalue weighted by molar-refractivity contribution is -0.131. The van der Waals surface area contributed by atoms with Gasteiger partial charge in [-0.1, -0.05) is 42.5 Å². The fraction of sp³-hybridized carbons (Fsp3) is 0.391. The lowest BCUT2D eigenvalue weighted by Crippen LogP contribution is -2.43. The van der Waals surface area contributed by atoms with Crippen LogP contribution in [0.15, 0.2) is 54.6 Å². The molecule has 0 radical (unpaired) electrons. The van der Waals surface area contributed by atoms with Gasteiger partial charge in [0.1, 0.15) is 5.75 Å². The quantitative estimate of drug-likeness (QED) is 0.692. The topological polar surface area (TPSA) is 49.9 Å². The molecule has 0 spiro atoms. The van der Waals surface area contributed by atoms with Crippen LogP contribution in [0.3, 0.4) is 0 Å². The molecule has 148 valence electrons. The second kappa shape index (κ2) is 9.51. The van der Waals surface area contributed by atoms with Crippen molar-refractivity contribution in [2.45, 2.75) is 19.4 Å². The number of piperidine rings is 1. The summed E-state index contributed by atoms with van der Waals surface area (Å²) in [6.07, 6.45) is 1.61. The number of carbonyl (C=O) groups is 2. The van der Waals surface area contributed by atoms with E-state index in [-0.39, 0.29) is 17.6 Å². The summed E-state index contributed by atoms with van der Waals surface area (Å²) >= 11 is 0. The number of likely N-dealkylation sites (tertiary alicyclic amines) is 1. The lowest BCUT2D eigenvalue weighted by atomic mass is 9.89. The van der Waals surface area contributed by atoms with Gasteiger partial charge in [0, 0.05) is 25.1 Å². The van der Waals surface area contributed by atoms with E-state index in [9.17, 15) is 9.59 Å². The van der Waals surface area contributed by atoms with Crippen molar-refractivity contribution in [1.82, 2.24) is 9.80 Å². The monoisotopic (exact) mass is 380 g/mol. The molecule has 5 nitrogen and oxygen atoms in total. The van der Waals surface area contributed by atoms with Crippen molar-refractivity contribution >= 4 is 11.7 Å². The second-order valence-electron chi connectivity index (χ2n) is 7.38. The molecule has 28 heavy (non-hydrogen) atoms. The number of amides is 1. The van der Waals surface area contributed by atoms with Gasteiger partial charge in [-0.05, 0) is 43.6 Å². The van der Waals surface area contributed by atoms with E-state index < -0.39 is 0 Å². The standard InChI is InChI=1S/C23H28N2O3/c1-24(16-18-7-6-10-21(15-18)28-2)22(26)17-25-13-11-20(12-14-25)23(27)19-8-4-3-5-9-19/h3-10,15,20H,11-14,16-17H2,1-2H3. The highest BCUT2D eigenvalue weighted by molar-refractivity contribution is 5.97. The number of hydrogen-bond donors (Lipinski definition) is 0. The van der Waals surface area contributed by atoms with Crippen molar-refractivity contribution in [1.29, 1.82) is 0 Å². The van der Waals surface area contributed by atoms with Gasteiger partial charge in [0.05, 0.1) is 13.7 Å². The number of hydrogen-bond acceptors (Lipinski definition) is 4. The first-order valence-electron chi connectivity index (χ1n) is 9.75. The molecule has 1 aliphatic rings. The maximum absolute atomic E-state index is 12.6. The Labute approximate surface area is 166 Å². The van der Waals surface area contributed by atoms with Gasteiger partial charge >= 0.3 is 0 Å². The second-order valence-corrected chi connectivity index (χ2v) is 7.38.